The number of para-hydroxylation sites is 1. The molecular formula is C19H21NO3. The maximum absolute atomic E-state index is 9.45. The molecule has 4 heteroatoms. The molecule has 0 aromatic heterocycles. The van der Waals surface area contributed by atoms with Crippen molar-refractivity contribution >= 4 is 5.69 Å². The second-order valence-electron chi connectivity index (χ2n) is 4.87. The van der Waals surface area contributed by atoms with Gasteiger partial charge in [-0.05, 0) is 31.2 Å². The van der Waals surface area contributed by atoms with Crippen LogP contribution < -0.4 is 14.8 Å². The van der Waals surface area contributed by atoms with Crippen LogP contribution in [-0.4, -0.2) is 18.3 Å². The lowest BCUT2D eigenvalue weighted by Crippen LogP contribution is -2.04. The van der Waals surface area contributed by atoms with Gasteiger partial charge in [-0.25, -0.2) is 0 Å². The van der Waals surface area contributed by atoms with E-state index in [9.17, 15) is 5.11 Å². The molecule has 0 radical (unpaired) electrons. The quantitative estimate of drug-likeness (QED) is 0.735. The zero-order chi connectivity index (χ0) is 16.5. The van der Waals surface area contributed by atoms with Crippen molar-refractivity contribution < 1.29 is 14.6 Å². The van der Waals surface area contributed by atoms with Gasteiger partial charge >= 0.3 is 0 Å². The molecule has 0 aliphatic carbocycles. The third-order valence-electron chi connectivity index (χ3n) is 3.30. The average molecular weight is 311 g/mol. The minimum Gasteiger partial charge on any atom is -0.494 e. The maximum atomic E-state index is 9.45. The summed E-state index contributed by atoms with van der Waals surface area (Å²) in [6.07, 6.45) is 5.24. The number of rotatable bonds is 8. The zero-order valence-electron chi connectivity index (χ0n) is 13.2. The fraction of sp³-hybridized carbons (Fsp3) is 0.263. The highest BCUT2D eigenvalue weighted by Gasteiger charge is 2.06. The first-order chi connectivity index (χ1) is 11.3. The third-order valence-corrected chi connectivity index (χ3v) is 3.30. The second kappa shape index (κ2) is 8.72. The van der Waals surface area contributed by atoms with Gasteiger partial charge in [0.25, 0.3) is 0 Å². The highest BCUT2D eigenvalue weighted by molar-refractivity contribution is 5.52. The second-order valence-corrected chi connectivity index (χ2v) is 4.87. The summed E-state index contributed by atoms with van der Waals surface area (Å²) in [5, 5.41) is 12.8. The van der Waals surface area contributed by atoms with E-state index in [1.54, 1.807) is 0 Å². The number of anilines is 1. The Kier molecular flexibility index (Phi) is 6.34. The summed E-state index contributed by atoms with van der Waals surface area (Å²) in [4.78, 5) is 0. The smallest absolute Gasteiger partial charge is 0.148 e. The van der Waals surface area contributed by atoms with Gasteiger partial charge in [0, 0.05) is 23.4 Å². The van der Waals surface area contributed by atoms with Gasteiger partial charge in [0.2, 0.25) is 0 Å². The summed E-state index contributed by atoms with van der Waals surface area (Å²) in [5.41, 5.74) is 2.68. The number of terminal acetylenes is 1. The molecule has 0 atom stereocenters. The van der Waals surface area contributed by atoms with Crippen LogP contribution in [0.25, 0.3) is 0 Å². The molecule has 0 saturated carbocycles. The number of hydrogen-bond donors (Lipinski definition) is 2. The zero-order valence-corrected chi connectivity index (χ0v) is 13.2. The molecule has 0 heterocycles. The molecule has 0 saturated heterocycles. The van der Waals surface area contributed by atoms with Crippen molar-refractivity contribution in [3.8, 4) is 23.8 Å². The van der Waals surface area contributed by atoms with E-state index in [4.69, 9.17) is 15.9 Å². The summed E-state index contributed by atoms with van der Waals surface area (Å²) in [6.45, 7) is 3.27. The van der Waals surface area contributed by atoms with Crippen LogP contribution in [0.15, 0.2) is 42.5 Å². The number of aliphatic hydroxyl groups is 1. The topological polar surface area (TPSA) is 50.7 Å². The van der Waals surface area contributed by atoms with Gasteiger partial charge in [-0.15, -0.1) is 6.42 Å². The van der Waals surface area contributed by atoms with E-state index in [1.807, 2.05) is 49.4 Å². The normalized spacial score (nSPS) is 9.96. The molecule has 0 aliphatic heterocycles. The lowest BCUT2D eigenvalue weighted by atomic mass is 10.1. The van der Waals surface area contributed by atoms with Crippen LogP contribution in [-0.2, 0) is 13.2 Å². The Morgan fingerprint density at radius 2 is 1.87 bits per heavy atom. The van der Waals surface area contributed by atoms with Crippen LogP contribution in [0.3, 0.4) is 0 Å². The van der Waals surface area contributed by atoms with Crippen molar-refractivity contribution in [3.63, 3.8) is 0 Å². The number of ether oxygens (including phenoxy) is 2. The fourth-order valence-corrected chi connectivity index (χ4v) is 2.22. The van der Waals surface area contributed by atoms with Crippen molar-refractivity contribution in [3.05, 3.63) is 53.6 Å². The Morgan fingerprint density at radius 3 is 2.61 bits per heavy atom. The molecule has 2 rings (SSSR count). The predicted molar refractivity (Wildman–Crippen MR) is 91.6 cm³/mol. The van der Waals surface area contributed by atoms with Crippen LogP contribution in [0.2, 0.25) is 0 Å². The first-order valence-corrected chi connectivity index (χ1v) is 7.53. The summed E-state index contributed by atoms with van der Waals surface area (Å²) >= 11 is 0. The third kappa shape index (κ3) is 4.67. The standard InChI is InChI=1S/C19H21NO3/c1-3-11-23-18-8-6-5-7-15(18)13-20-17-9-10-19(22-4-2)16(12-17)14-21/h1,5-10,12,20-21H,4,11,13-14H2,2H3. The van der Waals surface area contributed by atoms with Crippen molar-refractivity contribution in [1.82, 2.24) is 0 Å². The first-order valence-electron chi connectivity index (χ1n) is 7.53. The van der Waals surface area contributed by atoms with Crippen LogP contribution in [0, 0.1) is 12.3 Å². The van der Waals surface area contributed by atoms with E-state index >= 15 is 0 Å². The maximum Gasteiger partial charge on any atom is 0.148 e. The minimum atomic E-state index is -0.0628. The molecule has 0 amide bonds. The van der Waals surface area contributed by atoms with Crippen molar-refractivity contribution in [2.45, 2.75) is 20.1 Å². The van der Waals surface area contributed by atoms with Gasteiger partial charge in [0.05, 0.1) is 13.2 Å². The van der Waals surface area contributed by atoms with E-state index in [0.29, 0.717) is 18.9 Å². The predicted octanol–water partition coefficient (Wildman–Crippen LogP) is 3.20. The highest BCUT2D eigenvalue weighted by atomic mass is 16.5. The van der Waals surface area contributed by atoms with Crippen molar-refractivity contribution in [2.24, 2.45) is 0 Å². The summed E-state index contributed by atoms with van der Waals surface area (Å²) < 4.78 is 11.0. The van der Waals surface area contributed by atoms with Gasteiger partial charge in [0.15, 0.2) is 0 Å². The highest BCUT2D eigenvalue weighted by Crippen LogP contribution is 2.24. The van der Waals surface area contributed by atoms with E-state index in [2.05, 4.69) is 11.2 Å². The molecule has 2 aromatic rings. The van der Waals surface area contributed by atoms with E-state index < -0.39 is 0 Å². The van der Waals surface area contributed by atoms with E-state index in [1.165, 1.54) is 0 Å². The largest absolute Gasteiger partial charge is 0.494 e. The lowest BCUT2D eigenvalue weighted by Gasteiger charge is -2.14. The molecule has 23 heavy (non-hydrogen) atoms. The number of aliphatic hydroxyl groups excluding tert-OH is 1. The Hall–Kier alpha value is -2.64. The Bertz CT molecular complexity index is 677. The summed E-state index contributed by atoms with van der Waals surface area (Å²) in [6, 6.07) is 13.4. The minimum absolute atomic E-state index is 0.0628. The molecule has 0 fully saturated rings. The molecule has 4 nitrogen and oxygen atoms in total. The van der Waals surface area contributed by atoms with Crippen molar-refractivity contribution in [2.75, 3.05) is 18.5 Å². The monoisotopic (exact) mass is 311 g/mol. The van der Waals surface area contributed by atoms with Crippen LogP contribution >= 0.6 is 0 Å². The SMILES string of the molecule is C#CCOc1ccccc1CNc1ccc(OCC)c(CO)c1. The number of benzene rings is 2. The van der Waals surface area contributed by atoms with E-state index in [0.717, 1.165) is 22.6 Å². The summed E-state index contributed by atoms with van der Waals surface area (Å²) in [7, 11) is 0. The van der Waals surface area contributed by atoms with Crippen LogP contribution in [0.4, 0.5) is 5.69 Å². The molecule has 0 unspecified atom stereocenters. The van der Waals surface area contributed by atoms with Gasteiger partial charge in [-0.1, -0.05) is 24.1 Å². The van der Waals surface area contributed by atoms with Gasteiger partial charge in [0.1, 0.15) is 18.1 Å². The van der Waals surface area contributed by atoms with Gasteiger partial charge in [-0.2, -0.15) is 0 Å². The average Bonchev–Trinajstić information content (AvgIpc) is 2.60. The Morgan fingerprint density at radius 1 is 1.09 bits per heavy atom. The molecule has 0 bridgehead atoms. The van der Waals surface area contributed by atoms with Crippen molar-refractivity contribution in [1.29, 1.82) is 0 Å². The lowest BCUT2D eigenvalue weighted by molar-refractivity contribution is 0.267. The van der Waals surface area contributed by atoms with E-state index in [-0.39, 0.29) is 13.2 Å². The number of hydrogen-bond acceptors (Lipinski definition) is 4. The number of nitrogens with one attached hydrogen (secondary N) is 1. The molecule has 120 valence electrons. The van der Waals surface area contributed by atoms with Crippen LogP contribution in [0.5, 0.6) is 11.5 Å². The van der Waals surface area contributed by atoms with Gasteiger partial charge in [-0.3, -0.25) is 0 Å². The molecule has 0 spiro atoms. The Balaban J connectivity index is 2.08. The van der Waals surface area contributed by atoms with Gasteiger partial charge < -0.3 is 19.9 Å². The first kappa shape index (κ1) is 16.7. The molecular weight excluding hydrogens is 290 g/mol. The Labute approximate surface area is 137 Å². The molecule has 2 N–H and O–H groups in total. The van der Waals surface area contributed by atoms with Crippen LogP contribution in [0.1, 0.15) is 18.1 Å². The molecule has 0 aliphatic rings. The molecule has 2 aromatic carbocycles. The summed E-state index contributed by atoms with van der Waals surface area (Å²) in [5.74, 6) is 3.94. The fourth-order valence-electron chi connectivity index (χ4n) is 2.22.